The van der Waals surface area contributed by atoms with Gasteiger partial charge in [-0.15, -0.1) is 22.7 Å². The standard InChI is InChI=1S/C39H58N4O6S.C27H43N3O5S/c1-8-25(4)31(22-35(45)32-16-12-13-17-40-32)38(47)43(7)34(24(2)3)21-29(19-27(6)44)37-42-33(23-50-37)36(46)41-30(18-26(5)39(48)49)20-28-14-10-9-11-15-28;1-7-17(4)20(14-24(32)21-10-8-9-11-28-21)26(33)30(6)23(16(2)3)13-19(12-18(5)31)25-29-22(15-36-25)27(34)35/h9-11,14-15,23-26,29-32,34,40H,8,12-13,16-22H2,1-7H3,(H,41,46)(H,48,49);15-17,19-21,23,28H,7-14H2,1-6H3,(H,34,35)/t25-,26-,29+,30+,31-,32+,34+;17-,19+,20-,21+,23+/m00/s1. The third-order valence-corrected chi connectivity index (χ3v) is 19.8. The van der Waals surface area contributed by atoms with E-state index < -0.39 is 41.6 Å². The summed E-state index contributed by atoms with van der Waals surface area (Å²) in [4.78, 5) is 128. The summed E-state index contributed by atoms with van der Waals surface area (Å²) < 4.78 is 0. The summed E-state index contributed by atoms with van der Waals surface area (Å²) in [6, 6.07) is 8.42. The fourth-order valence-corrected chi connectivity index (χ4v) is 13.9. The first kappa shape index (κ1) is 72.9. The molecule has 2 fully saturated rings. The SMILES string of the molecule is CC[C@H](C)[C@H](CC(=O)[C@H]1CCCCN1)C(=O)N(C)[C@H](C[C@@H](CC(C)=O)c1nc(C(=O)N[C@@H](Cc2ccccc2)C[C@H](C)C(=O)O)cs1)C(C)C.CC[C@H](C)[C@H](CC(=O)[C@H]1CCCCN1)C(=O)N(C)[C@H](C[C@@H](CC(C)=O)c1nc(C(=O)O)cs1)C(C)C. The zero-order valence-corrected chi connectivity index (χ0v) is 55.2. The number of nitrogens with one attached hydrogen (secondary N) is 3. The number of rotatable bonds is 34. The van der Waals surface area contributed by atoms with Crippen molar-refractivity contribution in [3.05, 3.63) is 68.1 Å². The number of carbonyl (C=O) groups excluding carboxylic acids is 7. The van der Waals surface area contributed by atoms with Crippen molar-refractivity contribution in [1.29, 1.82) is 0 Å². The third-order valence-electron chi connectivity index (χ3n) is 17.8. The molecule has 5 N–H and O–H groups in total. The number of Topliss-reactive ketones (excluding diaryl/α,β-unsaturated/α-hetero) is 4. The van der Waals surface area contributed by atoms with Gasteiger partial charge < -0.3 is 45.6 Å². The zero-order chi connectivity index (χ0) is 63.9. The molecular formula is C66H101N7O11S2. The van der Waals surface area contributed by atoms with Gasteiger partial charge in [-0.2, -0.15) is 0 Å². The van der Waals surface area contributed by atoms with Crippen LogP contribution in [0.1, 0.15) is 221 Å². The number of aromatic carboxylic acids is 1. The Morgan fingerprint density at radius 3 is 1.41 bits per heavy atom. The Labute approximate surface area is 519 Å². The van der Waals surface area contributed by atoms with Gasteiger partial charge in [-0.3, -0.25) is 28.8 Å². The van der Waals surface area contributed by atoms with E-state index in [1.54, 1.807) is 29.2 Å². The summed E-state index contributed by atoms with van der Waals surface area (Å²) in [5, 5.41) is 32.9. The van der Waals surface area contributed by atoms with Crippen LogP contribution in [0.5, 0.6) is 0 Å². The third kappa shape index (κ3) is 22.5. The highest BCUT2D eigenvalue weighted by Crippen LogP contribution is 2.36. The first-order valence-electron chi connectivity index (χ1n) is 31.4. The van der Waals surface area contributed by atoms with Crippen molar-refractivity contribution in [2.45, 2.75) is 221 Å². The Hall–Kier alpha value is -5.57. The van der Waals surface area contributed by atoms with Gasteiger partial charge in [0.1, 0.15) is 17.3 Å². The van der Waals surface area contributed by atoms with E-state index in [2.05, 4.69) is 34.8 Å². The van der Waals surface area contributed by atoms with Crippen LogP contribution in [0, 0.1) is 41.4 Å². The van der Waals surface area contributed by atoms with E-state index in [9.17, 15) is 53.4 Å². The molecule has 12 atom stereocenters. The molecule has 2 aliphatic heterocycles. The fraction of sp³-hybridized carbons (Fsp3) is 0.682. The van der Waals surface area contributed by atoms with Crippen LogP contribution >= 0.6 is 22.7 Å². The molecule has 2 saturated heterocycles. The molecule has 2 aliphatic rings. The number of hydrogen-bond acceptors (Lipinski definition) is 15. The summed E-state index contributed by atoms with van der Waals surface area (Å²) in [6.45, 7) is 22.7. The maximum atomic E-state index is 14.2. The van der Waals surface area contributed by atoms with Crippen molar-refractivity contribution in [3.63, 3.8) is 0 Å². The monoisotopic (exact) mass is 1230 g/mol. The number of amides is 3. The minimum absolute atomic E-state index is 0.00776. The lowest BCUT2D eigenvalue weighted by Gasteiger charge is -2.37. The molecule has 0 bridgehead atoms. The number of carboxylic acids is 2. The van der Waals surface area contributed by atoms with Gasteiger partial charge in [0.25, 0.3) is 5.91 Å². The molecule has 1 aromatic carbocycles. The average Bonchev–Trinajstić information content (AvgIpc) is 2.91. The first-order valence-corrected chi connectivity index (χ1v) is 33.2. The molecular weight excluding hydrogens is 1130 g/mol. The van der Waals surface area contributed by atoms with Crippen LogP contribution in [0.25, 0.3) is 0 Å². The van der Waals surface area contributed by atoms with Crippen LogP contribution in [-0.2, 0) is 40.0 Å². The molecule has 86 heavy (non-hydrogen) atoms. The average molecular weight is 1230 g/mol. The highest BCUT2D eigenvalue weighted by molar-refractivity contribution is 7.10. The van der Waals surface area contributed by atoms with Crippen LogP contribution in [0.3, 0.4) is 0 Å². The largest absolute Gasteiger partial charge is 0.481 e. The Bertz CT molecular complexity index is 2680. The number of carboxylic acid groups (broad SMARTS) is 2. The molecule has 0 aliphatic carbocycles. The first-order chi connectivity index (χ1) is 40.7. The number of benzene rings is 1. The quantitative estimate of drug-likeness (QED) is 0.0372. The number of carbonyl (C=O) groups is 9. The van der Waals surface area contributed by atoms with Crippen LogP contribution < -0.4 is 16.0 Å². The summed E-state index contributed by atoms with van der Waals surface area (Å²) in [7, 11) is 3.60. The van der Waals surface area contributed by atoms with Gasteiger partial charge in [-0.05, 0) is 108 Å². The molecule has 478 valence electrons. The maximum Gasteiger partial charge on any atom is 0.355 e. The number of nitrogens with zero attached hydrogens (tertiary/aromatic N) is 4. The minimum atomic E-state index is -1.10. The smallest absolute Gasteiger partial charge is 0.355 e. The van der Waals surface area contributed by atoms with E-state index in [0.29, 0.717) is 29.3 Å². The van der Waals surface area contributed by atoms with Crippen molar-refractivity contribution in [1.82, 2.24) is 35.7 Å². The molecule has 3 aromatic rings. The minimum Gasteiger partial charge on any atom is -0.481 e. The highest BCUT2D eigenvalue weighted by atomic mass is 32.1. The summed E-state index contributed by atoms with van der Waals surface area (Å²) in [5.41, 5.74) is 1.18. The Morgan fingerprint density at radius 1 is 0.616 bits per heavy atom. The topological polar surface area (TPSA) is 262 Å². The molecule has 4 heterocycles. The van der Waals surface area contributed by atoms with E-state index in [1.165, 1.54) is 41.9 Å². The maximum absolute atomic E-state index is 14.2. The summed E-state index contributed by atoms with van der Waals surface area (Å²) in [6.07, 6.45) is 9.97. The van der Waals surface area contributed by atoms with Crippen molar-refractivity contribution >= 4 is 75.5 Å². The Kier molecular flexibility index (Phi) is 30.6. The predicted octanol–water partition coefficient (Wildman–Crippen LogP) is 10.8. The number of thiazole rings is 2. The van der Waals surface area contributed by atoms with Crippen LogP contribution in [0.4, 0.5) is 0 Å². The van der Waals surface area contributed by atoms with E-state index in [4.69, 9.17) is 4.98 Å². The van der Waals surface area contributed by atoms with E-state index in [-0.39, 0.29) is 138 Å². The van der Waals surface area contributed by atoms with Crippen LogP contribution in [-0.4, -0.2) is 140 Å². The lowest BCUT2D eigenvalue weighted by molar-refractivity contribution is -0.142. The van der Waals surface area contributed by atoms with Crippen molar-refractivity contribution < 1.29 is 53.4 Å². The number of aromatic nitrogens is 2. The second-order valence-electron chi connectivity index (χ2n) is 25.3. The molecule has 3 amide bonds. The van der Waals surface area contributed by atoms with Gasteiger partial charge >= 0.3 is 11.9 Å². The molecule has 2 aromatic heterocycles. The lowest BCUT2D eigenvalue weighted by Crippen LogP contribution is -2.47. The summed E-state index contributed by atoms with van der Waals surface area (Å²) in [5.74, 6) is -4.15. The second kappa shape index (κ2) is 36.0. The van der Waals surface area contributed by atoms with E-state index in [1.807, 2.05) is 78.9 Å². The van der Waals surface area contributed by atoms with E-state index in [0.717, 1.165) is 70.0 Å². The molecule has 0 saturated carbocycles. The van der Waals surface area contributed by atoms with Crippen LogP contribution in [0.15, 0.2) is 41.1 Å². The van der Waals surface area contributed by atoms with Crippen molar-refractivity contribution in [3.8, 4) is 0 Å². The normalized spacial score (nSPS) is 18.8. The fourth-order valence-electron chi connectivity index (χ4n) is 12.1. The molecule has 5 rings (SSSR count). The Balaban J connectivity index is 0.000000389. The van der Waals surface area contributed by atoms with Gasteiger partial charge in [-0.25, -0.2) is 14.8 Å². The van der Waals surface area contributed by atoms with Gasteiger partial charge in [-0.1, -0.05) is 118 Å². The molecule has 0 radical (unpaired) electrons. The number of ketones is 4. The van der Waals surface area contributed by atoms with Crippen molar-refractivity contribution in [2.75, 3.05) is 27.2 Å². The lowest BCUT2D eigenvalue weighted by atomic mass is 9.82. The van der Waals surface area contributed by atoms with Crippen LogP contribution in [0.2, 0.25) is 0 Å². The van der Waals surface area contributed by atoms with Gasteiger partial charge in [0, 0.05) is 92.3 Å². The highest BCUT2D eigenvalue weighted by Gasteiger charge is 2.39. The zero-order valence-electron chi connectivity index (χ0n) is 53.5. The molecule has 18 nitrogen and oxygen atoms in total. The van der Waals surface area contributed by atoms with Gasteiger partial charge in [0.15, 0.2) is 17.3 Å². The molecule has 0 unspecified atom stereocenters. The Morgan fingerprint density at radius 2 is 1.05 bits per heavy atom. The molecule has 20 heteroatoms. The number of piperidine rings is 2. The molecule has 0 spiro atoms. The number of hydrogen-bond donors (Lipinski definition) is 5. The number of aliphatic carboxylic acids is 1. The van der Waals surface area contributed by atoms with E-state index >= 15 is 0 Å². The van der Waals surface area contributed by atoms with Gasteiger partial charge in [0.05, 0.1) is 28.0 Å². The second-order valence-corrected chi connectivity index (χ2v) is 27.1. The predicted molar refractivity (Wildman–Crippen MR) is 339 cm³/mol. The van der Waals surface area contributed by atoms with Gasteiger partial charge in [0.2, 0.25) is 11.8 Å². The summed E-state index contributed by atoms with van der Waals surface area (Å²) >= 11 is 2.56. The van der Waals surface area contributed by atoms with Crippen molar-refractivity contribution in [2.24, 2.45) is 41.4 Å².